The van der Waals surface area contributed by atoms with Crippen molar-refractivity contribution in [3.05, 3.63) is 54.5 Å². The van der Waals surface area contributed by atoms with Crippen LogP contribution in [0.2, 0.25) is 0 Å². The zero-order valence-corrected chi connectivity index (χ0v) is 32.2. The number of carbonyl (C=O) groups is 3. The number of halogens is 3. The highest BCUT2D eigenvalue weighted by atomic mass is 31.2. The van der Waals surface area contributed by atoms with Crippen LogP contribution < -0.4 is 15.3 Å². The Bertz CT molecular complexity index is 1970. The molecular weight excluding hydrogens is 764 g/mol. The molecule has 0 spiro atoms. The largest absolute Gasteiger partial charge is 0.461 e. The van der Waals surface area contributed by atoms with Gasteiger partial charge in [-0.25, -0.2) is 14.1 Å². The number of nitrogens with one attached hydrogen (secondary N) is 1. The molecule has 3 heterocycles. The zero-order chi connectivity index (χ0) is 41.0. The Balaban J connectivity index is 1.47. The quantitative estimate of drug-likeness (QED) is 0.115. The maximum atomic E-state index is 14.6. The third-order valence-electron chi connectivity index (χ3n) is 9.37. The van der Waals surface area contributed by atoms with E-state index in [0.29, 0.717) is 5.52 Å². The smallest absolute Gasteiger partial charge is 0.459 e. The third-order valence-corrected chi connectivity index (χ3v) is 11.0. The van der Waals surface area contributed by atoms with Crippen molar-refractivity contribution in [3.8, 4) is 11.8 Å². The van der Waals surface area contributed by atoms with E-state index in [1.54, 1.807) is 58.0 Å². The lowest BCUT2D eigenvalue weighted by Crippen LogP contribution is -2.50. The maximum Gasteiger partial charge on any atom is 0.459 e. The lowest BCUT2D eigenvalue weighted by Gasteiger charge is -2.32. The van der Waals surface area contributed by atoms with E-state index in [9.17, 15) is 37.4 Å². The number of nitrogens with two attached hydrogens (primary N) is 1. The molecule has 16 nitrogen and oxygen atoms in total. The molecule has 5 rings (SSSR count). The Kier molecular flexibility index (Phi) is 13.0. The highest BCUT2D eigenvalue weighted by Crippen LogP contribution is 2.50. The Morgan fingerprint density at radius 3 is 2.25 bits per heavy atom. The number of aromatic nitrogens is 3. The Morgan fingerprint density at radius 1 is 1.00 bits per heavy atom. The first-order chi connectivity index (χ1) is 26.4. The van der Waals surface area contributed by atoms with Crippen LogP contribution in [0.25, 0.3) is 5.52 Å². The van der Waals surface area contributed by atoms with E-state index in [-0.39, 0.29) is 42.9 Å². The molecule has 0 amide bonds. The number of nitriles is 1. The summed E-state index contributed by atoms with van der Waals surface area (Å²) in [6.45, 7) is 6.58. The van der Waals surface area contributed by atoms with E-state index in [0.717, 1.165) is 0 Å². The number of para-hydroxylation sites is 1. The number of fused-ring (bicyclic) bond motifs is 1. The first-order valence-electron chi connectivity index (χ1n) is 18.0. The van der Waals surface area contributed by atoms with Crippen molar-refractivity contribution in [2.75, 3.05) is 12.3 Å². The van der Waals surface area contributed by atoms with E-state index in [4.69, 9.17) is 33.7 Å². The minimum absolute atomic E-state index is 0.0187. The van der Waals surface area contributed by atoms with E-state index in [1.807, 2.05) is 6.07 Å². The number of nitrogens with zero attached hydrogens (tertiary/aromatic N) is 4. The third kappa shape index (κ3) is 9.60. The highest BCUT2D eigenvalue weighted by Gasteiger charge is 2.62. The number of anilines is 1. The van der Waals surface area contributed by atoms with Crippen LogP contribution >= 0.6 is 7.75 Å². The fourth-order valence-electron chi connectivity index (χ4n) is 6.21. The van der Waals surface area contributed by atoms with Gasteiger partial charge in [0.15, 0.2) is 18.0 Å². The average molecular weight is 809 g/mol. The van der Waals surface area contributed by atoms with E-state index in [2.05, 4.69) is 15.2 Å². The minimum atomic E-state index is -4.73. The minimum Gasteiger partial charge on any atom is -0.461 e. The number of esters is 3. The van der Waals surface area contributed by atoms with Gasteiger partial charge in [0, 0.05) is 0 Å². The molecule has 304 valence electrons. The number of benzene rings is 1. The fraction of sp³-hybridized carbons (Fsp3) is 0.556. The second kappa shape index (κ2) is 17.2. The molecule has 2 aromatic heterocycles. The van der Waals surface area contributed by atoms with Crippen LogP contribution in [0.1, 0.15) is 72.1 Å². The van der Waals surface area contributed by atoms with E-state index < -0.39 is 92.3 Å². The van der Waals surface area contributed by atoms with Crippen molar-refractivity contribution in [3.63, 3.8) is 0 Å². The predicted octanol–water partition coefficient (Wildman–Crippen LogP) is 5.63. The topological polar surface area (TPSA) is 216 Å². The van der Waals surface area contributed by atoms with Crippen LogP contribution in [0, 0.1) is 29.1 Å². The summed E-state index contributed by atoms with van der Waals surface area (Å²) in [6.07, 6.45) is -8.99. The number of carbonyl (C=O) groups excluding carboxylic acids is 3. The average Bonchev–Trinajstić information content (AvgIpc) is 3.71. The summed E-state index contributed by atoms with van der Waals surface area (Å²) in [5.41, 5.74) is 4.28. The molecule has 1 saturated carbocycles. The lowest BCUT2D eigenvalue weighted by atomic mass is 9.87. The summed E-state index contributed by atoms with van der Waals surface area (Å²) >= 11 is 0. The molecule has 1 aliphatic carbocycles. The van der Waals surface area contributed by atoms with Crippen molar-refractivity contribution >= 4 is 37.0 Å². The second-order valence-corrected chi connectivity index (χ2v) is 16.0. The summed E-state index contributed by atoms with van der Waals surface area (Å²) in [4.78, 5) is 43.5. The normalized spacial score (nSPS) is 25.6. The van der Waals surface area contributed by atoms with Crippen molar-refractivity contribution in [1.82, 2.24) is 19.7 Å². The Labute approximate surface area is 320 Å². The summed E-state index contributed by atoms with van der Waals surface area (Å²) in [6, 6.07) is 11.4. The van der Waals surface area contributed by atoms with Crippen molar-refractivity contribution in [2.24, 2.45) is 17.8 Å². The maximum absolute atomic E-state index is 14.6. The van der Waals surface area contributed by atoms with Crippen LogP contribution in [0.3, 0.4) is 0 Å². The van der Waals surface area contributed by atoms with Crippen molar-refractivity contribution < 1.29 is 60.1 Å². The molecular formula is C36H44F3N6O10P. The fourth-order valence-corrected chi connectivity index (χ4v) is 7.73. The summed E-state index contributed by atoms with van der Waals surface area (Å²) < 4.78 is 90.7. The summed E-state index contributed by atoms with van der Waals surface area (Å²) in [5, 5.41) is 17.6. The lowest BCUT2D eigenvalue weighted by molar-refractivity contribution is -0.189. The van der Waals surface area contributed by atoms with Gasteiger partial charge in [0.1, 0.15) is 48.5 Å². The van der Waals surface area contributed by atoms with Gasteiger partial charge in [-0.05, 0) is 56.9 Å². The van der Waals surface area contributed by atoms with Crippen LogP contribution in [-0.4, -0.2) is 75.2 Å². The molecule has 1 aromatic carbocycles. The number of nitrogen functional groups attached to an aromatic ring is 1. The molecule has 0 unspecified atom stereocenters. The van der Waals surface area contributed by atoms with Gasteiger partial charge in [-0.15, -0.1) is 0 Å². The molecule has 1 aliphatic heterocycles. The van der Waals surface area contributed by atoms with Gasteiger partial charge in [-0.1, -0.05) is 45.9 Å². The van der Waals surface area contributed by atoms with Crippen LogP contribution in [0.4, 0.5) is 19.0 Å². The molecule has 0 radical (unpaired) electrons. The highest BCUT2D eigenvalue weighted by molar-refractivity contribution is 7.52. The molecule has 3 N–H and O–H groups in total. The molecule has 0 bridgehead atoms. The Hall–Kier alpha value is -4.76. The van der Waals surface area contributed by atoms with E-state index >= 15 is 0 Å². The van der Waals surface area contributed by atoms with Crippen LogP contribution in [0.15, 0.2) is 48.8 Å². The number of alkyl halides is 3. The van der Waals surface area contributed by atoms with Gasteiger partial charge in [0.2, 0.25) is 5.60 Å². The summed E-state index contributed by atoms with van der Waals surface area (Å²) in [5.74, 6) is -5.23. The van der Waals surface area contributed by atoms with Gasteiger partial charge in [0.25, 0.3) is 0 Å². The van der Waals surface area contributed by atoms with Crippen LogP contribution in [0.5, 0.6) is 5.75 Å². The molecule has 20 heteroatoms. The number of hydrogen-bond acceptors (Lipinski definition) is 14. The first kappa shape index (κ1) is 42.4. The molecule has 3 aromatic rings. The number of rotatable bonds is 14. The van der Waals surface area contributed by atoms with Gasteiger partial charge >= 0.3 is 31.8 Å². The van der Waals surface area contributed by atoms with Crippen LogP contribution in [-0.2, 0) is 42.4 Å². The molecule has 56 heavy (non-hydrogen) atoms. The SMILES string of the molecule is CC(C)C(=O)O[C@H]1[C@H](c2ccc3c(N)ncnn23)O[C@](C#N)(CO[P@@](=O)(N[C@@H](C)C(=O)OC2CCC(C(F)(F)F)CC2)Oc2ccccc2)[C@H]1OC(=O)C(C)C. The van der Waals surface area contributed by atoms with Crippen molar-refractivity contribution in [1.29, 1.82) is 5.26 Å². The molecule has 2 fully saturated rings. The number of ether oxygens (including phenoxy) is 4. The van der Waals surface area contributed by atoms with E-state index in [1.165, 1.54) is 29.9 Å². The molecule has 6 atom stereocenters. The van der Waals surface area contributed by atoms with Gasteiger partial charge in [0.05, 0.1) is 23.4 Å². The van der Waals surface area contributed by atoms with Gasteiger partial charge in [-0.3, -0.25) is 18.9 Å². The predicted molar refractivity (Wildman–Crippen MR) is 190 cm³/mol. The standard InChI is InChI=1S/C36H44F3N6O10P/c1-20(2)32(46)52-29-28(26-15-16-27-31(41)42-19-43-45(26)27)54-35(17-40,30(29)53-33(47)21(3)4)18-50-56(49,55-25-9-7-6-8-10-25)44-22(5)34(48)51-24-13-11-23(12-14-24)36(37,38)39/h6-10,15-16,19-24,28-30H,11-14,18H2,1-5H3,(H,44,49)(H2,41,42,43)/t22-,23?,24?,28-,29-,30-,35+,56-/m0/s1. The molecule has 2 aliphatic rings. The Morgan fingerprint density at radius 2 is 1.64 bits per heavy atom. The number of hydrogen-bond donors (Lipinski definition) is 2. The first-order valence-corrected chi connectivity index (χ1v) is 19.5. The monoisotopic (exact) mass is 808 g/mol. The zero-order valence-electron chi connectivity index (χ0n) is 31.3. The molecule has 1 saturated heterocycles. The second-order valence-electron chi connectivity index (χ2n) is 14.3. The van der Waals surface area contributed by atoms with Crippen molar-refractivity contribution in [2.45, 2.75) is 103 Å². The van der Waals surface area contributed by atoms with Gasteiger partial charge in [-0.2, -0.15) is 28.6 Å². The summed E-state index contributed by atoms with van der Waals surface area (Å²) in [7, 11) is -4.73. The van der Waals surface area contributed by atoms with Gasteiger partial charge < -0.3 is 29.2 Å².